The van der Waals surface area contributed by atoms with Gasteiger partial charge in [-0.15, -0.1) is 0 Å². The normalized spacial score (nSPS) is 20.1. The van der Waals surface area contributed by atoms with Crippen molar-refractivity contribution in [1.29, 1.82) is 0 Å². The molecule has 1 atom stereocenters. The Bertz CT molecular complexity index is 499. The van der Waals surface area contributed by atoms with Crippen LogP contribution in [-0.2, 0) is 22.0 Å². The van der Waals surface area contributed by atoms with Gasteiger partial charge in [0.1, 0.15) is 5.82 Å². The Morgan fingerprint density at radius 1 is 1.50 bits per heavy atom. The Balaban J connectivity index is 2.35. The van der Waals surface area contributed by atoms with Gasteiger partial charge in [0.2, 0.25) is 0 Å². The largest absolute Gasteiger partial charge is 0.311 e. The van der Waals surface area contributed by atoms with Gasteiger partial charge in [-0.1, -0.05) is 0 Å². The van der Waals surface area contributed by atoms with Crippen molar-refractivity contribution in [2.24, 2.45) is 0 Å². The third kappa shape index (κ3) is 2.22. The van der Waals surface area contributed by atoms with Crippen molar-refractivity contribution >= 4 is 9.84 Å². The standard InChI is InChI=1S/C10H15N3O2S/c1-7(11-2)10-12-5-8-6-16(14,15)4-3-9(8)13-10/h5,7,11H,3-4,6H2,1-2H3. The Morgan fingerprint density at radius 3 is 2.94 bits per heavy atom. The van der Waals surface area contributed by atoms with Crippen molar-refractivity contribution in [3.8, 4) is 0 Å². The molecule has 0 saturated carbocycles. The van der Waals surface area contributed by atoms with Crippen molar-refractivity contribution in [1.82, 2.24) is 15.3 Å². The van der Waals surface area contributed by atoms with Crippen LogP contribution in [0.3, 0.4) is 0 Å². The molecule has 16 heavy (non-hydrogen) atoms. The SMILES string of the molecule is CNC(C)c1ncc2c(n1)CCS(=O)(=O)C2. The average Bonchev–Trinajstić information content (AvgIpc) is 2.26. The lowest BCUT2D eigenvalue weighted by atomic mass is 10.2. The molecule has 0 saturated heterocycles. The molecule has 0 spiro atoms. The summed E-state index contributed by atoms with van der Waals surface area (Å²) >= 11 is 0. The van der Waals surface area contributed by atoms with Gasteiger partial charge in [-0.05, 0) is 14.0 Å². The maximum atomic E-state index is 11.4. The minimum atomic E-state index is -2.93. The minimum Gasteiger partial charge on any atom is -0.311 e. The number of nitrogens with one attached hydrogen (secondary N) is 1. The van der Waals surface area contributed by atoms with Crippen LogP contribution in [-0.4, -0.2) is 31.2 Å². The van der Waals surface area contributed by atoms with E-state index >= 15 is 0 Å². The number of aromatic nitrogens is 2. The molecule has 5 nitrogen and oxygen atoms in total. The monoisotopic (exact) mass is 241 g/mol. The molecule has 1 N–H and O–H groups in total. The second kappa shape index (κ2) is 4.10. The average molecular weight is 241 g/mol. The first-order valence-corrected chi connectivity index (χ1v) is 7.06. The van der Waals surface area contributed by atoms with Gasteiger partial charge in [0.05, 0.1) is 17.5 Å². The van der Waals surface area contributed by atoms with E-state index in [0.29, 0.717) is 6.42 Å². The third-order valence-corrected chi connectivity index (χ3v) is 4.40. The summed E-state index contributed by atoms with van der Waals surface area (Å²) < 4.78 is 22.8. The molecule has 1 aliphatic heterocycles. The van der Waals surface area contributed by atoms with Crippen LogP contribution >= 0.6 is 0 Å². The molecule has 1 unspecified atom stereocenters. The molecule has 1 aromatic rings. The van der Waals surface area contributed by atoms with Crippen LogP contribution in [0, 0.1) is 0 Å². The molecule has 2 heterocycles. The zero-order valence-corrected chi connectivity index (χ0v) is 10.2. The van der Waals surface area contributed by atoms with E-state index in [1.807, 2.05) is 14.0 Å². The van der Waals surface area contributed by atoms with Crippen LogP contribution in [0.5, 0.6) is 0 Å². The van der Waals surface area contributed by atoms with Crippen LogP contribution in [0.4, 0.5) is 0 Å². The highest BCUT2D eigenvalue weighted by Gasteiger charge is 2.23. The summed E-state index contributed by atoms with van der Waals surface area (Å²) in [5.41, 5.74) is 1.63. The minimum absolute atomic E-state index is 0.0799. The molecular formula is C10H15N3O2S. The van der Waals surface area contributed by atoms with Gasteiger partial charge in [0, 0.05) is 23.9 Å². The smallest absolute Gasteiger partial charge is 0.154 e. The Kier molecular flexibility index (Phi) is 2.94. The lowest BCUT2D eigenvalue weighted by Crippen LogP contribution is -2.23. The summed E-state index contributed by atoms with van der Waals surface area (Å²) in [6.45, 7) is 1.97. The predicted octanol–water partition coefficient (Wildman–Crippen LogP) is 0.228. The maximum absolute atomic E-state index is 11.4. The van der Waals surface area contributed by atoms with Crippen molar-refractivity contribution in [3.05, 3.63) is 23.3 Å². The molecule has 1 aromatic heterocycles. The number of sulfone groups is 1. The quantitative estimate of drug-likeness (QED) is 0.802. The summed E-state index contributed by atoms with van der Waals surface area (Å²) in [5.74, 6) is 1.00. The van der Waals surface area contributed by atoms with Gasteiger partial charge in [-0.2, -0.15) is 0 Å². The number of nitrogens with zero attached hydrogens (tertiary/aromatic N) is 2. The first-order valence-electron chi connectivity index (χ1n) is 5.24. The Labute approximate surface area is 95.2 Å². The summed E-state index contributed by atoms with van der Waals surface area (Å²) in [5, 5.41) is 3.06. The fraction of sp³-hybridized carbons (Fsp3) is 0.600. The van der Waals surface area contributed by atoms with E-state index in [9.17, 15) is 8.42 Å². The van der Waals surface area contributed by atoms with Gasteiger partial charge >= 0.3 is 0 Å². The van der Waals surface area contributed by atoms with E-state index in [2.05, 4.69) is 15.3 Å². The van der Waals surface area contributed by atoms with Crippen LogP contribution in [0.25, 0.3) is 0 Å². The van der Waals surface area contributed by atoms with E-state index < -0.39 is 9.84 Å². The summed E-state index contributed by atoms with van der Waals surface area (Å²) in [6.07, 6.45) is 2.14. The number of aryl methyl sites for hydroxylation is 1. The molecule has 0 radical (unpaired) electrons. The molecule has 0 bridgehead atoms. The third-order valence-electron chi connectivity index (χ3n) is 2.82. The highest BCUT2D eigenvalue weighted by molar-refractivity contribution is 7.90. The number of hydrogen-bond acceptors (Lipinski definition) is 5. The highest BCUT2D eigenvalue weighted by atomic mass is 32.2. The molecule has 1 aliphatic rings. The lowest BCUT2D eigenvalue weighted by Gasteiger charge is -2.17. The van der Waals surface area contributed by atoms with E-state index in [1.54, 1.807) is 6.20 Å². The fourth-order valence-corrected chi connectivity index (χ4v) is 3.06. The van der Waals surface area contributed by atoms with Gasteiger partial charge < -0.3 is 5.32 Å². The molecule has 0 aromatic carbocycles. The zero-order chi connectivity index (χ0) is 11.8. The van der Waals surface area contributed by atoms with Crippen molar-refractivity contribution in [2.45, 2.75) is 25.1 Å². The molecule has 6 heteroatoms. The summed E-state index contributed by atoms with van der Waals surface area (Å²) in [6, 6.07) is 0.0869. The number of rotatable bonds is 2. The second-order valence-electron chi connectivity index (χ2n) is 4.05. The maximum Gasteiger partial charge on any atom is 0.154 e. The van der Waals surface area contributed by atoms with Gasteiger partial charge in [-0.25, -0.2) is 18.4 Å². The number of hydrogen-bond donors (Lipinski definition) is 1. The van der Waals surface area contributed by atoms with Crippen molar-refractivity contribution in [3.63, 3.8) is 0 Å². The predicted molar refractivity (Wildman–Crippen MR) is 60.7 cm³/mol. The zero-order valence-electron chi connectivity index (χ0n) is 9.40. The molecule has 0 amide bonds. The van der Waals surface area contributed by atoms with Crippen LogP contribution in [0.2, 0.25) is 0 Å². The van der Waals surface area contributed by atoms with Gasteiger partial charge in [0.25, 0.3) is 0 Å². The molecular weight excluding hydrogens is 226 g/mol. The van der Waals surface area contributed by atoms with E-state index in [0.717, 1.165) is 17.1 Å². The van der Waals surface area contributed by atoms with Gasteiger partial charge in [-0.3, -0.25) is 0 Å². The fourth-order valence-electron chi connectivity index (χ4n) is 1.69. The molecule has 0 fully saturated rings. The van der Waals surface area contributed by atoms with E-state index in [4.69, 9.17) is 0 Å². The molecule has 0 aliphatic carbocycles. The van der Waals surface area contributed by atoms with Crippen LogP contribution in [0.15, 0.2) is 6.20 Å². The van der Waals surface area contributed by atoms with E-state index in [-0.39, 0.29) is 17.5 Å². The highest BCUT2D eigenvalue weighted by Crippen LogP contribution is 2.19. The first kappa shape index (κ1) is 11.5. The van der Waals surface area contributed by atoms with Crippen LogP contribution in [0.1, 0.15) is 30.0 Å². The van der Waals surface area contributed by atoms with E-state index in [1.165, 1.54) is 0 Å². The van der Waals surface area contributed by atoms with Gasteiger partial charge in [0.15, 0.2) is 9.84 Å². The molecule has 88 valence electrons. The summed E-state index contributed by atoms with van der Waals surface area (Å²) in [7, 11) is -1.09. The Hall–Kier alpha value is -1.01. The summed E-state index contributed by atoms with van der Waals surface area (Å²) in [4.78, 5) is 8.60. The van der Waals surface area contributed by atoms with Crippen molar-refractivity contribution in [2.75, 3.05) is 12.8 Å². The van der Waals surface area contributed by atoms with Crippen LogP contribution < -0.4 is 5.32 Å². The van der Waals surface area contributed by atoms with Crippen molar-refractivity contribution < 1.29 is 8.42 Å². The first-order chi connectivity index (χ1) is 7.52. The number of fused-ring (bicyclic) bond motifs is 1. The molecule has 2 rings (SSSR count). The Morgan fingerprint density at radius 2 is 2.25 bits per heavy atom. The lowest BCUT2D eigenvalue weighted by molar-refractivity contribution is 0.584. The second-order valence-corrected chi connectivity index (χ2v) is 6.24. The topological polar surface area (TPSA) is 72.0 Å².